The van der Waals surface area contributed by atoms with Crippen molar-refractivity contribution in [1.29, 1.82) is 0 Å². The topological polar surface area (TPSA) is 32.8 Å². The molecule has 1 saturated heterocycles. The Labute approximate surface area is 124 Å². The molecule has 1 fully saturated rings. The van der Waals surface area contributed by atoms with Crippen molar-refractivity contribution in [2.45, 2.75) is 18.5 Å². The van der Waals surface area contributed by atoms with Gasteiger partial charge >= 0.3 is 0 Å². The molecule has 21 heavy (non-hydrogen) atoms. The standard InChI is InChI=1S/C16H21FN2O2/c1-21-12-16(17)7-9-18(11-16)10-15(20)19-8-6-13-4-2-3-5-14(13)19/h2-5H,6-12H2,1H3. The van der Waals surface area contributed by atoms with Crippen molar-refractivity contribution in [2.24, 2.45) is 0 Å². The van der Waals surface area contributed by atoms with E-state index in [1.807, 2.05) is 28.0 Å². The fourth-order valence-corrected chi connectivity index (χ4v) is 3.30. The van der Waals surface area contributed by atoms with Crippen LogP contribution < -0.4 is 4.90 Å². The molecule has 0 bridgehead atoms. The molecule has 1 aromatic carbocycles. The third-order valence-electron chi connectivity index (χ3n) is 4.33. The van der Waals surface area contributed by atoms with Crippen LogP contribution in [0.4, 0.5) is 10.1 Å². The zero-order chi connectivity index (χ0) is 14.9. The highest BCUT2D eigenvalue weighted by atomic mass is 19.1. The summed E-state index contributed by atoms with van der Waals surface area (Å²) in [6.45, 7) is 2.00. The summed E-state index contributed by atoms with van der Waals surface area (Å²) in [6.07, 6.45) is 1.34. The van der Waals surface area contributed by atoms with Gasteiger partial charge in [0.25, 0.3) is 0 Å². The Hall–Kier alpha value is -1.46. The molecule has 0 radical (unpaired) electrons. The SMILES string of the molecule is COCC1(F)CCN(CC(=O)N2CCc3ccccc32)C1. The number of fused-ring (bicyclic) bond motifs is 1. The lowest BCUT2D eigenvalue weighted by Gasteiger charge is -2.23. The van der Waals surface area contributed by atoms with E-state index in [4.69, 9.17) is 4.74 Å². The van der Waals surface area contributed by atoms with Gasteiger partial charge in [0.1, 0.15) is 5.67 Å². The first-order chi connectivity index (χ1) is 10.1. The molecular weight excluding hydrogens is 271 g/mol. The summed E-state index contributed by atoms with van der Waals surface area (Å²) < 4.78 is 19.3. The number of halogens is 1. The van der Waals surface area contributed by atoms with E-state index in [2.05, 4.69) is 6.07 Å². The van der Waals surface area contributed by atoms with Gasteiger partial charge in [-0.25, -0.2) is 4.39 Å². The molecular formula is C16H21FN2O2. The molecule has 0 N–H and O–H groups in total. The number of nitrogens with zero attached hydrogens (tertiary/aromatic N) is 2. The number of likely N-dealkylation sites (tertiary alicyclic amines) is 1. The Kier molecular flexibility index (Phi) is 3.95. The molecule has 3 rings (SSSR count). The van der Waals surface area contributed by atoms with Crippen LogP contribution in [0.1, 0.15) is 12.0 Å². The minimum Gasteiger partial charge on any atom is -0.381 e. The van der Waals surface area contributed by atoms with Gasteiger partial charge in [0, 0.05) is 32.4 Å². The molecule has 4 nitrogen and oxygen atoms in total. The van der Waals surface area contributed by atoms with E-state index < -0.39 is 5.67 Å². The summed E-state index contributed by atoms with van der Waals surface area (Å²) in [5.41, 5.74) is 0.911. The van der Waals surface area contributed by atoms with Gasteiger partial charge in [0.05, 0.1) is 13.2 Å². The lowest BCUT2D eigenvalue weighted by Crippen LogP contribution is -2.41. The molecule has 1 amide bonds. The first kappa shape index (κ1) is 14.5. The number of rotatable bonds is 4. The van der Waals surface area contributed by atoms with E-state index >= 15 is 0 Å². The monoisotopic (exact) mass is 292 g/mol. The third-order valence-corrected chi connectivity index (χ3v) is 4.33. The minimum absolute atomic E-state index is 0.0571. The third kappa shape index (κ3) is 2.94. The molecule has 2 aliphatic heterocycles. The second-order valence-corrected chi connectivity index (χ2v) is 5.97. The lowest BCUT2D eigenvalue weighted by atomic mass is 10.1. The second kappa shape index (κ2) is 5.73. The van der Waals surface area contributed by atoms with Gasteiger partial charge in [-0.1, -0.05) is 18.2 Å². The van der Waals surface area contributed by atoms with E-state index in [0.29, 0.717) is 13.0 Å². The number of alkyl halides is 1. The summed E-state index contributed by atoms with van der Waals surface area (Å²) in [5, 5.41) is 0. The molecule has 0 aliphatic carbocycles. The van der Waals surface area contributed by atoms with Crippen LogP contribution in [0.3, 0.4) is 0 Å². The average Bonchev–Trinajstić information content (AvgIpc) is 3.03. The lowest BCUT2D eigenvalue weighted by molar-refractivity contribution is -0.119. The largest absolute Gasteiger partial charge is 0.381 e. The Morgan fingerprint density at radius 1 is 1.38 bits per heavy atom. The summed E-state index contributed by atoms with van der Waals surface area (Å²) >= 11 is 0. The molecule has 0 saturated carbocycles. The molecule has 5 heteroatoms. The van der Waals surface area contributed by atoms with Gasteiger partial charge in [-0.2, -0.15) is 0 Å². The van der Waals surface area contributed by atoms with E-state index in [1.165, 1.54) is 12.7 Å². The van der Waals surface area contributed by atoms with Gasteiger partial charge < -0.3 is 9.64 Å². The van der Waals surface area contributed by atoms with Crippen LogP contribution in [-0.2, 0) is 16.0 Å². The Balaban J connectivity index is 1.61. The smallest absolute Gasteiger partial charge is 0.241 e. The molecule has 0 spiro atoms. The molecule has 0 aromatic heterocycles. The van der Waals surface area contributed by atoms with Gasteiger partial charge in [0.2, 0.25) is 5.91 Å². The van der Waals surface area contributed by atoms with Crippen molar-refractivity contribution in [1.82, 2.24) is 4.90 Å². The molecule has 1 unspecified atom stereocenters. The zero-order valence-electron chi connectivity index (χ0n) is 12.3. The molecule has 1 atom stereocenters. The molecule has 114 valence electrons. The first-order valence-corrected chi connectivity index (χ1v) is 7.40. The van der Waals surface area contributed by atoms with Crippen molar-refractivity contribution >= 4 is 11.6 Å². The number of ether oxygens (including phenoxy) is 1. The molecule has 2 heterocycles. The number of carbonyl (C=O) groups is 1. The van der Waals surface area contributed by atoms with Crippen LogP contribution in [0.25, 0.3) is 0 Å². The van der Waals surface area contributed by atoms with Gasteiger partial charge in [-0.15, -0.1) is 0 Å². The van der Waals surface area contributed by atoms with Crippen LogP contribution in [0.2, 0.25) is 0 Å². The minimum atomic E-state index is -1.31. The Morgan fingerprint density at radius 3 is 3.00 bits per heavy atom. The highest BCUT2D eigenvalue weighted by molar-refractivity contribution is 5.96. The summed E-state index contributed by atoms with van der Waals surface area (Å²) in [4.78, 5) is 16.2. The average molecular weight is 292 g/mol. The maximum atomic E-state index is 14.3. The maximum absolute atomic E-state index is 14.3. The first-order valence-electron chi connectivity index (χ1n) is 7.40. The number of benzene rings is 1. The normalized spacial score (nSPS) is 25.3. The number of anilines is 1. The van der Waals surface area contributed by atoms with Crippen molar-refractivity contribution in [3.63, 3.8) is 0 Å². The van der Waals surface area contributed by atoms with Crippen LogP contribution in [0, 0.1) is 0 Å². The highest BCUT2D eigenvalue weighted by Crippen LogP contribution is 2.29. The predicted octanol–water partition coefficient (Wildman–Crippen LogP) is 1.64. The van der Waals surface area contributed by atoms with Crippen LogP contribution in [0.15, 0.2) is 24.3 Å². The van der Waals surface area contributed by atoms with Crippen LogP contribution >= 0.6 is 0 Å². The van der Waals surface area contributed by atoms with Gasteiger partial charge in [-0.3, -0.25) is 9.69 Å². The number of hydrogen-bond donors (Lipinski definition) is 0. The Bertz CT molecular complexity index is 537. The van der Waals surface area contributed by atoms with Crippen molar-refractivity contribution in [2.75, 3.05) is 44.8 Å². The number of amides is 1. The van der Waals surface area contributed by atoms with E-state index in [-0.39, 0.29) is 25.6 Å². The summed E-state index contributed by atoms with van der Waals surface area (Å²) in [6, 6.07) is 7.99. The second-order valence-electron chi connectivity index (χ2n) is 5.97. The number of hydrogen-bond acceptors (Lipinski definition) is 3. The molecule has 2 aliphatic rings. The quantitative estimate of drug-likeness (QED) is 0.846. The van der Waals surface area contributed by atoms with Crippen LogP contribution in [0.5, 0.6) is 0 Å². The fourth-order valence-electron chi connectivity index (χ4n) is 3.30. The summed E-state index contributed by atoms with van der Waals surface area (Å²) in [7, 11) is 1.51. The van der Waals surface area contributed by atoms with Crippen molar-refractivity contribution in [3.05, 3.63) is 29.8 Å². The fraction of sp³-hybridized carbons (Fsp3) is 0.562. The predicted molar refractivity (Wildman–Crippen MR) is 79.3 cm³/mol. The van der Waals surface area contributed by atoms with Gasteiger partial charge in [-0.05, 0) is 24.5 Å². The summed E-state index contributed by atoms with van der Waals surface area (Å²) in [5.74, 6) is 0.0571. The van der Waals surface area contributed by atoms with Gasteiger partial charge in [0.15, 0.2) is 0 Å². The number of carbonyl (C=O) groups excluding carboxylic acids is 1. The highest BCUT2D eigenvalue weighted by Gasteiger charge is 2.39. The number of para-hydroxylation sites is 1. The van der Waals surface area contributed by atoms with E-state index in [1.54, 1.807) is 0 Å². The Morgan fingerprint density at radius 2 is 2.19 bits per heavy atom. The van der Waals surface area contributed by atoms with E-state index in [0.717, 1.165) is 18.7 Å². The molecule has 1 aromatic rings. The van der Waals surface area contributed by atoms with Crippen molar-refractivity contribution < 1.29 is 13.9 Å². The van der Waals surface area contributed by atoms with E-state index in [9.17, 15) is 9.18 Å². The zero-order valence-corrected chi connectivity index (χ0v) is 12.3. The van der Waals surface area contributed by atoms with Crippen LogP contribution in [-0.4, -0.2) is 56.4 Å². The maximum Gasteiger partial charge on any atom is 0.241 e. The number of methoxy groups -OCH3 is 1. The van der Waals surface area contributed by atoms with Crippen molar-refractivity contribution in [3.8, 4) is 0 Å².